The van der Waals surface area contributed by atoms with Crippen molar-refractivity contribution in [3.63, 3.8) is 0 Å². The van der Waals surface area contributed by atoms with Crippen molar-refractivity contribution in [3.8, 4) is 17.4 Å². The number of hydrogen-bond acceptors (Lipinski definition) is 5. The molecule has 0 amide bonds. The Bertz CT molecular complexity index is 823. The number of alkyl halides is 3. The van der Waals surface area contributed by atoms with Gasteiger partial charge < -0.3 is 9.47 Å². The Kier molecular flexibility index (Phi) is 5.65. The maximum absolute atomic E-state index is 13.0. The smallest absolute Gasteiger partial charge is 0.434 e. The molecule has 1 aromatic carbocycles. The zero-order chi connectivity index (χ0) is 19.6. The largest absolute Gasteiger partial charge is 0.483 e. The van der Waals surface area contributed by atoms with E-state index in [-0.39, 0.29) is 17.2 Å². The van der Waals surface area contributed by atoms with Crippen LogP contribution in [0.25, 0.3) is 0 Å². The Balaban J connectivity index is 2.39. The predicted octanol–water partition coefficient (Wildman–Crippen LogP) is 4.78. The molecule has 0 aliphatic carbocycles. The summed E-state index contributed by atoms with van der Waals surface area (Å²) in [6.45, 7) is 3.38. The molecule has 1 unspecified atom stereocenters. The van der Waals surface area contributed by atoms with E-state index in [4.69, 9.17) is 21.1 Å². The van der Waals surface area contributed by atoms with E-state index in [9.17, 15) is 23.3 Å². The molecule has 1 aromatic heterocycles. The van der Waals surface area contributed by atoms with Gasteiger partial charge in [-0.25, -0.2) is 0 Å². The Morgan fingerprint density at radius 1 is 1.42 bits per heavy atom. The lowest BCUT2D eigenvalue weighted by Crippen LogP contribution is -2.12. The van der Waals surface area contributed by atoms with Gasteiger partial charge in [-0.2, -0.15) is 13.2 Å². The van der Waals surface area contributed by atoms with Crippen molar-refractivity contribution in [1.29, 1.82) is 0 Å². The van der Waals surface area contributed by atoms with E-state index in [0.717, 1.165) is 13.1 Å². The van der Waals surface area contributed by atoms with Crippen LogP contribution in [0.3, 0.4) is 0 Å². The number of nitro groups is 1. The summed E-state index contributed by atoms with van der Waals surface area (Å²) in [5, 5.41) is 14.0. The van der Waals surface area contributed by atoms with Crippen LogP contribution >= 0.6 is 11.6 Å². The van der Waals surface area contributed by atoms with Crippen LogP contribution in [0.4, 0.5) is 18.9 Å². The SMILES string of the molecule is C[CH]C(C)Oc1cc(Oc2nn(C)c(C(F)(F)F)c2Cl)ccc1[N+](=O)[O-]. The summed E-state index contributed by atoms with van der Waals surface area (Å²) in [7, 11) is 1.07. The average molecular weight is 393 g/mol. The fraction of sp³-hybridized carbons (Fsp3) is 0.333. The monoisotopic (exact) mass is 392 g/mol. The van der Waals surface area contributed by atoms with E-state index in [1.54, 1.807) is 20.3 Å². The minimum atomic E-state index is -4.71. The molecule has 0 aliphatic rings. The highest BCUT2D eigenvalue weighted by atomic mass is 35.5. The number of nitro benzene ring substituents is 1. The molecule has 1 radical (unpaired) electrons. The maximum atomic E-state index is 13.0. The lowest BCUT2D eigenvalue weighted by molar-refractivity contribution is -0.386. The van der Waals surface area contributed by atoms with Gasteiger partial charge in [-0.1, -0.05) is 18.5 Å². The molecule has 1 heterocycles. The summed E-state index contributed by atoms with van der Waals surface area (Å²) < 4.78 is 50.1. The van der Waals surface area contributed by atoms with Gasteiger partial charge in [0.2, 0.25) is 5.75 Å². The van der Waals surface area contributed by atoms with Gasteiger partial charge in [0.05, 0.1) is 11.0 Å². The molecule has 11 heteroatoms. The van der Waals surface area contributed by atoms with Crippen molar-refractivity contribution >= 4 is 17.3 Å². The number of aromatic nitrogens is 2. The Labute approximate surface area is 151 Å². The zero-order valence-electron chi connectivity index (χ0n) is 13.9. The van der Waals surface area contributed by atoms with E-state index in [0.29, 0.717) is 4.68 Å². The minimum Gasteiger partial charge on any atom is -0.483 e. The molecule has 0 bridgehead atoms. The number of hydrogen-bond donors (Lipinski definition) is 0. The summed E-state index contributed by atoms with van der Waals surface area (Å²) in [5.41, 5.74) is -1.48. The van der Waals surface area contributed by atoms with Crippen molar-refractivity contribution in [1.82, 2.24) is 9.78 Å². The predicted molar refractivity (Wildman–Crippen MR) is 86.5 cm³/mol. The van der Waals surface area contributed by atoms with Gasteiger partial charge in [0.1, 0.15) is 10.8 Å². The van der Waals surface area contributed by atoms with Crippen LogP contribution in [0.5, 0.6) is 17.4 Å². The molecule has 7 nitrogen and oxygen atoms in total. The van der Waals surface area contributed by atoms with Gasteiger partial charge in [0.15, 0.2) is 5.69 Å². The van der Waals surface area contributed by atoms with Gasteiger partial charge in [0.25, 0.3) is 5.88 Å². The standard InChI is InChI=1S/C15H14ClF3N3O4/c1-4-8(2)25-11-7-9(5-6-10(11)22(23)24)26-14-12(16)13(15(17,18)19)21(3)20-14/h4-8H,1-3H3. The number of aryl methyl sites for hydroxylation is 1. The number of benzene rings is 1. The van der Waals surface area contributed by atoms with Gasteiger partial charge in [-0.05, 0) is 19.4 Å². The number of ether oxygens (including phenoxy) is 2. The summed E-state index contributed by atoms with van der Waals surface area (Å²) in [6, 6.07) is 3.52. The van der Waals surface area contributed by atoms with Crippen LogP contribution in [-0.4, -0.2) is 20.8 Å². The molecule has 2 rings (SSSR count). The van der Waals surface area contributed by atoms with Crippen LogP contribution in [0.2, 0.25) is 5.02 Å². The molecule has 0 saturated heterocycles. The van der Waals surface area contributed by atoms with Gasteiger partial charge in [0, 0.05) is 19.2 Å². The van der Waals surface area contributed by atoms with Gasteiger partial charge in [-0.3, -0.25) is 14.8 Å². The normalized spacial score (nSPS) is 12.7. The van der Waals surface area contributed by atoms with E-state index in [2.05, 4.69) is 5.10 Å². The lowest BCUT2D eigenvalue weighted by Gasteiger charge is -2.13. The second kappa shape index (κ2) is 7.40. The van der Waals surface area contributed by atoms with Crippen LogP contribution in [0.15, 0.2) is 18.2 Å². The molecule has 26 heavy (non-hydrogen) atoms. The lowest BCUT2D eigenvalue weighted by atomic mass is 10.2. The summed E-state index contributed by atoms with van der Waals surface area (Å²) in [4.78, 5) is 10.4. The highest BCUT2D eigenvalue weighted by Crippen LogP contribution is 2.41. The minimum absolute atomic E-state index is 0.0115. The third-order valence-electron chi connectivity index (χ3n) is 3.35. The Morgan fingerprint density at radius 2 is 2.08 bits per heavy atom. The first-order valence-electron chi connectivity index (χ1n) is 7.26. The molecule has 1 atom stereocenters. The molecule has 0 fully saturated rings. The molecule has 0 spiro atoms. The Morgan fingerprint density at radius 3 is 2.58 bits per heavy atom. The molecule has 0 N–H and O–H groups in total. The highest BCUT2D eigenvalue weighted by Gasteiger charge is 2.39. The number of rotatable bonds is 6. The van der Waals surface area contributed by atoms with Crippen LogP contribution in [0, 0.1) is 16.5 Å². The summed E-state index contributed by atoms with van der Waals surface area (Å²) in [5.74, 6) is -0.583. The molecule has 2 aromatic rings. The summed E-state index contributed by atoms with van der Waals surface area (Å²) in [6.07, 6.45) is -3.47. The van der Waals surface area contributed by atoms with E-state index in [1.807, 2.05) is 0 Å². The van der Waals surface area contributed by atoms with Crippen molar-refractivity contribution in [2.45, 2.75) is 26.1 Å². The highest BCUT2D eigenvalue weighted by molar-refractivity contribution is 6.32. The van der Waals surface area contributed by atoms with Gasteiger partial charge >= 0.3 is 11.9 Å². The second-order valence-electron chi connectivity index (χ2n) is 5.23. The van der Waals surface area contributed by atoms with Crippen molar-refractivity contribution in [2.24, 2.45) is 7.05 Å². The first kappa shape index (κ1) is 19.8. The summed E-state index contributed by atoms with van der Waals surface area (Å²) >= 11 is 5.72. The van der Waals surface area contributed by atoms with Gasteiger partial charge in [-0.15, -0.1) is 5.10 Å². The van der Waals surface area contributed by atoms with Crippen molar-refractivity contribution in [2.75, 3.05) is 0 Å². The fourth-order valence-electron chi connectivity index (χ4n) is 2.03. The molecular weight excluding hydrogens is 379 g/mol. The van der Waals surface area contributed by atoms with Crippen LogP contribution in [-0.2, 0) is 13.2 Å². The molecular formula is C15H14ClF3N3O4. The zero-order valence-corrected chi connectivity index (χ0v) is 14.6. The first-order chi connectivity index (χ1) is 12.0. The second-order valence-corrected chi connectivity index (χ2v) is 5.61. The van der Waals surface area contributed by atoms with Crippen molar-refractivity contribution < 1.29 is 27.6 Å². The fourth-order valence-corrected chi connectivity index (χ4v) is 2.34. The molecule has 0 saturated carbocycles. The Hall–Kier alpha value is -2.49. The van der Waals surface area contributed by atoms with E-state index < -0.39 is 33.8 Å². The maximum Gasteiger partial charge on any atom is 0.434 e. The van der Waals surface area contributed by atoms with Crippen molar-refractivity contribution in [3.05, 3.63) is 45.5 Å². The average Bonchev–Trinajstić information content (AvgIpc) is 2.80. The van der Waals surface area contributed by atoms with E-state index >= 15 is 0 Å². The molecule has 141 valence electrons. The first-order valence-corrected chi connectivity index (χ1v) is 7.64. The van der Waals surface area contributed by atoms with Crippen LogP contribution < -0.4 is 9.47 Å². The van der Waals surface area contributed by atoms with E-state index in [1.165, 1.54) is 12.1 Å². The topological polar surface area (TPSA) is 79.4 Å². The third-order valence-corrected chi connectivity index (χ3v) is 3.69. The van der Waals surface area contributed by atoms with Crippen LogP contribution in [0.1, 0.15) is 19.5 Å². The molecule has 0 aliphatic heterocycles. The number of nitrogens with zero attached hydrogens (tertiary/aromatic N) is 3. The third kappa shape index (κ3) is 4.18. The number of halogens is 4. The quantitative estimate of drug-likeness (QED) is 0.522.